The number of aliphatic imine (C=N–C) groups is 2. The van der Waals surface area contributed by atoms with Crippen LogP contribution in [0.25, 0.3) is 0 Å². The lowest BCUT2D eigenvalue weighted by Gasteiger charge is -2.01. The van der Waals surface area contributed by atoms with E-state index in [1.165, 1.54) is 18.2 Å². The first kappa shape index (κ1) is 26.0. The molecule has 6 rings (SSSR count). The molecule has 38 heavy (non-hydrogen) atoms. The van der Waals surface area contributed by atoms with E-state index in [4.69, 9.17) is 15.2 Å². The number of hydrogen-bond donors (Lipinski definition) is 1. The van der Waals surface area contributed by atoms with Crippen LogP contribution in [0.4, 0.5) is 11.4 Å². The molecule has 0 unspecified atom stereocenters. The number of rotatable bonds is 4. The lowest BCUT2D eigenvalue weighted by molar-refractivity contribution is 0.483. The largest absolute Gasteiger partial charge is 0.294 e. The predicted octanol–water partition coefficient (Wildman–Crippen LogP) is 5.90. The summed E-state index contributed by atoms with van der Waals surface area (Å²) in [5.74, 6) is 0. The zero-order valence-electron chi connectivity index (χ0n) is 19.8. The van der Waals surface area contributed by atoms with E-state index in [0.29, 0.717) is 12.8 Å². The minimum Gasteiger partial charge on any atom is -0.282 e. The summed E-state index contributed by atoms with van der Waals surface area (Å²) in [5, 5.41) is 0. The smallest absolute Gasteiger partial charge is 0.282 e. The van der Waals surface area contributed by atoms with Gasteiger partial charge in [-0.05, 0) is 58.7 Å². The summed E-state index contributed by atoms with van der Waals surface area (Å²) < 4.78 is 53.9. The van der Waals surface area contributed by atoms with Crippen LogP contribution in [0.3, 0.4) is 0 Å². The molecule has 0 saturated carbocycles. The molecule has 4 aromatic rings. The fourth-order valence-corrected chi connectivity index (χ4v) is 5.59. The molecule has 192 valence electrons. The van der Waals surface area contributed by atoms with Crippen molar-refractivity contribution in [2.75, 3.05) is 0 Å². The van der Waals surface area contributed by atoms with E-state index in [-0.39, 0.29) is 9.79 Å². The van der Waals surface area contributed by atoms with E-state index in [2.05, 4.69) is 9.98 Å². The Morgan fingerprint density at radius 3 is 1.45 bits per heavy atom. The molecule has 1 N–H and O–H groups in total. The first-order chi connectivity index (χ1) is 18.1. The van der Waals surface area contributed by atoms with Gasteiger partial charge in [-0.2, -0.15) is 8.42 Å². The Labute approximate surface area is 225 Å². The lowest BCUT2D eigenvalue weighted by atomic mass is 10.0. The van der Waals surface area contributed by atoms with Crippen molar-refractivity contribution in [3.05, 3.63) is 119 Å². The van der Waals surface area contributed by atoms with Crippen molar-refractivity contribution >= 4 is 52.6 Å². The Morgan fingerprint density at radius 2 is 1.03 bits per heavy atom. The number of nitrogens with zero attached hydrogens (tertiary/aromatic N) is 2. The highest BCUT2D eigenvalue weighted by molar-refractivity contribution is 8.13. The molecule has 0 aliphatic carbocycles. The van der Waals surface area contributed by atoms with E-state index < -0.39 is 19.2 Å². The Kier molecular flexibility index (Phi) is 7.02. The summed E-state index contributed by atoms with van der Waals surface area (Å²) in [7, 11) is -2.49. The van der Waals surface area contributed by atoms with Crippen LogP contribution in [0.5, 0.6) is 0 Å². The molecular weight excluding hydrogens is 544 g/mol. The van der Waals surface area contributed by atoms with Gasteiger partial charge in [0.25, 0.3) is 19.2 Å². The van der Waals surface area contributed by atoms with Crippen molar-refractivity contribution in [3.63, 3.8) is 0 Å². The predicted molar refractivity (Wildman–Crippen MR) is 148 cm³/mol. The highest BCUT2D eigenvalue weighted by Gasteiger charge is 2.20. The van der Waals surface area contributed by atoms with Gasteiger partial charge < -0.3 is 0 Å². The first-order valence-corrected chi connectivity index (χ1v) is 15.3. The number of benzene rings is 4. The molecule has 0 spiro atoms. The van der Waals surface area contributed by atoms with E-state index >= 15 is 0 Å². The lowest BCUT2D eigenvalue weighted by Crippen LogP contribution is -2.01. The van der Waals surface area contributed by atoms with Crippen molar-refractivity contribution in [1.82, 2.24) is 0 Å². The van der Waals surface area contributed by atoms with Gasteiger partial charge in [-0.1, -0.05) is 60.7 Å². The SMILES string of the molecule is O=S(=O)(Cl)c1ccc2c(c1)CC(c1ccccc1)=N2.O=S(=O)(O)c1ccc2c(c1)CC(c1ccccc1)=N2. The maximum Gasteiger partial charge on any atom is 0.294 e. The number of hydrogen-bond acceptors (Lipinski definition) is 6. The normalized spacial score (nSPS) is 14.1. The molecule has 7 nitrogen and oxygen atoms in total. The topological polar surface area (TPSA) is 113 Å². The summed E-state index contributed by atoms with van der Waals surface area (Å²) in [5.41, 5.74) is 7.19. The fraction of sp³-hybridized carbons (Fsp3) is 0.0714. The molecule has 0 radical (unpaired) electrons. The van der Waals surface area contributed by atoms with Gasteiger partial charge in [-0.15, -0.1) is 0 Å². The maximum absolute atomic E-state index is 11.3. The van der Waals surface area contributed by atoms with Gasteiger partial charge in [0, 0.05) is 23.5 Å². The zero-order valence-corrected chi connectivity index (χ0v) is 22.2. The maximum atomic E-state index is 11.3. The molecule has 10 heteroatoms. The Morgan fingerprint density at radius 1 is 0.605 bits per heavy atom. The second-order valence-electron chi connectivity index (χ2n) is 8.70. The quantitative estimate of drug-likeness (QED) is 0.245. The Balaban J connectivity index is 0.000000155. The van der Waals surface area contributed by atoms with Crippen LogP contribution >= 0.6 is 10.7 Å². The van der Waals surface area contributed by atoms with E-state index in [9.17, 15) is 16.8 Å². The monoisotopic (exact) mass is 564 g/mol. The molecule has 0 amide bonds. The molecule has 2 heterocycles. The van der Waals surface area contributed by atoms with Gasteiger partial charge >= 0.3 is 0 Å². The average Bonchev–Trinajstić information content (AvgIpc) is 3.53. The van der Waals surface area contributed by atoms with Crippen LogP contribution in [0, 0.1) is 0 Å². The van der Waals surface area contributed by atoms with Crippen LogP contribution in [-0.4, -0.2) is 32.8 Å². The van der Waals surface area contributed by atoms with E-state index in [0.717, 1.165) is 45.1 Å². The van der Waals surface area contributed by atoms with Crippen LogP contribution in [-0.2, 0) is 32.0 Å². The van der Waals surface area contributed by atoms with Gasteiger partial charge in [0.2, 0.25) is 0 Å². The van der Waals surface area contributed by atoms with Gasteiger partial charge in [0.1, 0.15) is 0 Å². The van der Waals surface area contributed by atoms with Crippen molar-refractivity contribution in [1.29, 1.82) is 0 Å². The summed E-state index contributed by atoms with van der Waals surface area (Å²) >= 11 is 0. The molecule has 0 aromatic heterocycles. The third-order valence-corrected chi connectivity index (χ3v) is 8.32. The van der Waals surface area contributed by atoms with Crippen molar-refractivity contribution in [2.45, 2.75) is 22.6 Å². The number of halogens is 1. The third-order valence-electron chi connectivity index (χ3n) is 6.12. The zero-order chi connectivity index (χ0) is 26.9. The van der Waals surface area contributed by atoms with Gasteiger partial charge in [-0.3, -0.25) is 14.5 Å². The van der Waals surface area contributed by atoms with Crippen LogP contribution < -0.4 is 0 Å². The van der Waals surface area contributed by atoms with Crippen LogP contribution in [0.2, 0.25) is 0 Å². The molecule has 2 aliphatic rings. The van der Waals surface area contributed by atoms with Crippen molar-refractivity contribution in [2.24, 2.45) is 9.98 Å². The van der Waals surface area contributed by atoms with Crippen LogP contribution in [0.15, 0.2) is 117 Å². The standard InChI is InChI=1S/C14H10ClNO2S.C14H11NO3S/c15-19(17,18)12-6-7-13-11(8-12)9-14(16-13)10-4-2-1-3-5-10;16-19(17,18)12-6-7-13-11(8-12)9-14(15-13)10-4-2-1-3-5-10/h1-8H,9H2;1-8H,9H2,(H,16,17,18). The van der Waals surface area contributed by atoms with Gasteiger partial charge in [-0.25, -0.2) is 8.42 Å². The molecule has 0 fully saturated rings. The fourth-order valence-electron chi connectivity index (χ4n) is 4.26. The first-order valence-electron chi connectivity index (χ1n) is 11.5. The third kappa shape index (κ3) is 5.76. The summed E-state index contributed by atoms with van der Waals surface area (Å²) in [6.45, 7) is 0. The van der Waals surface area contributed by atoms with Gasteiger partial charge in [0.05, 0.1) is 32.6 Å². The summed E-state index contributed by atoms with van der Waals surface area (Å²) in [6, 6.07) is 28.8. The van der Waals surface area contributed by atoms with E-state index in [1.54, 1.807) is 18.2 Å². The summed E-state index contributed by atoms with van der Waals surface area (Å²) in [4.78, 5) is 9.04. The average molecular weight is 565 g/mol. The van der Waals surface area contributed by atoms with E-state index in [1.807, 2.05) is 60.7 Å². The highest BCUT2D eigenvalue weighted by Crippen LogP contribution is 2.32. The number of fused-ring (bicyclic) bond motifs is 2. The van der Waals surface area contributed by atoms with Crippen LogP contribution in [0.1, 0.15) is 22.3 Å². The van der Waals surface area contributed by atoms with Crippen molar-refractivity contribution in [3.8, 4) is 0 Å². The molecule has 0 saturated heterocycles. The second-order valence-corrected chi connectivity index (χ2v) is 12.7. The minimum absolute atomic E-state index is 0.0873. The highest BCUT2D eigenvalue weighted by atomic mass is 35.7. The van der Waals surface area contributed by atoms with Gasteiger partial charge in [0.15, 0.2) is 0 Å². The molecular formula is C28H21ClN2O5S2. The minimum atomic E-state index is -4.16. The summed E-state index contributed by atoms with van der Waals surface area (Å²) in [6.07, 6.45) is 1.20. The molecule has 2 aliphatic heterocycles. The second kappa shape index (κ2) is 10.3. The molecule has 0 atom stereocenters. The Hall–Kier alpha value is -3.63. The van der Waals surface area contributed by atoms with Crippen molar-refractivity contribution < 1.29 is 21.4 Å². The molecule has 4 aromatic carbocycles. The molecule has 0 bridgehead atoms. The Bertz CT molecular complexity index is 1670.